The highest BCUT2D eigenvalue weighted by Gasteiger charge is 2.37. The van der Waals surface area contributed by atoms with Crippen LogP contribution in [-0.2, 0) is 6.18 Å². The van der Waals surface area contributed by atoms with E-state index in [-0.39, 0.29) is 11.8 Å². The maximum atomic E-state index is 13.1. The summed E-state index contributed by atoms with van der Waals surface area (Å²) >= 11 is 0. The normalized spacial score (nSPS) is 19.5. The van der Waals surface area contributed by atoms with E-state index in [9.17, 15) is 13.2 Å². The number of pyridine rings is 1. The molecular formula is C17H17F3N2O. The maximum Gasteiger partial charge on any atom is 0.421 e. The Hall–Kier alpha value is -2.08. The van der Waals surface area contributed by atoms with E-state index < -0.39 is 17.8 Å². The Morgan fingerprint density at radius 2 is 1.91 bits per heavy atom. The molecule has 0 amide bonds. The summed E-state index contributed by atoms with van der Waals surface area (Å²) in [7, 11) is 0. The molecule has 1 aromatic carbocycles. The molecule has 2 aromatic rings. The molecule has 1 aliphatic rings. The molecule has 1 aliphatic heterocycles. The first-order valence-corrected chi connectivity index (χ1v) is 7.50. The number of aromatic nitrogens is 1. The first kappa shape index (κ1) is 15.8. The third kappa shape index (κ3) is 3.64. The fourth-order valence-electron chi connectivity index (χ4n) is 2.84. The van der Waals surface area contributed by atoms with Crippen LogP contribution < -0.4 is 10.1 Å². The Balaban J connectivity index is 1.93. The minimum atomic E-state index is -4.49. The molecule has 0 spiro atoms. The second-order valence-corrected chi connectivity index (χ2v) is 5.56. The Bertz CT molecular complexity index is 640. The standard InChI is InChI=1S/C17H17F3N2O/c18-17(19,20)14-7-4-9-22-16(14)23-15(13-8-10-21-11-13)12-5-2-1-3-6-12/h1-7,9,13,15,21H,8,10-11H2/t13-,15?/m0/s1. The van der Waals surface area contributed by atoms with Crippen LogP contribution in [0.3, 0.4) is 0 Å². The predicted octanol–water partition coefficient (Wildman–Crippen LogP) is 3.83. The molecule has 1 unspecified atom stereocenters. The average Bonchev–Trinajstić information content (AvgIpc) is 3.07. The third-order valence-corrected chi connectivity index (χ3v) is 3.97. The van der Waals surface area contributed by atoms with Crippen LogP contribution in [0.1, 0.15) is 23.7 Å². The summed E-state index contributed by atoms with van der Waals surface area (Å²) in [6.07, 6.45) is -2.77. The molecule has 0 bridgehead atoms. The van der Waals surface area contributed by atoms with Gasteiger partial charge < -0.3 is 10.1 Å². The van der Waals surface area contributed by atoms with Crippen LogP contribution in [0, 0.1) is 5.92 Å². The second kappa shape index (κ2) is 6.58. The van der Waals surface area contributed by atoms with E-state index in [2.05, 4.69) is 10.3 Å². The Labute approximate surface area is 132 Å². The summed E-state index contributed by atoms with van der Waals surface area (Å²) in [4.78, 5) is 3.82. The lowest BCUT2D eigenvalue weighted by molar-refractivity contribution is -0.139. The van der Waals surface area contributed by atoms with Gasteiger partial charge in [0, 0.05) is 18.7 Å². The van der Waals surface area contributed by atoms with Crippen molar-refractivity contribution >= 4 is 0 Å². The van der Waals surface area contributed by atoms with E-state index in [4.69, 9.17) is 4.74 Å². The quantitative estimate of drug-likeness (QED) is 0.929. The zero-order valence-corrected chi connectivity index (χ0v) is 12.4. The highest BCUT2D eigenvalue weighted by molar-refractivity contribution is 5.30. The van der Waals surface area contributed by atoms with Gasteiger partial charge in [0.15, 0.2) is 0 Å². The molecule has 122 valence electrons. The molecule has 3 rings (SSSR count). The molecule has 2 atom stereocenters. The Morgan fingerprint density at radius 1 is 1.13 bits per heavy atom. The fraction of sp³-hybridized carbons (Fsp3) is 0.353. The molecule has 0 aliphatic carbocycles. The van der Waals surface area contributed by atoms with E-state index in [1.807, 2.05) is 30.3 Å². The van der Waals surface area contributed by atoms with Crippen LogP contribution in [0.25, 0.3) is 0 Å². The van der Waals surface area contributed by atoms with Crippen molar-refractivity contribution in [1.82, 2.24) is 10.3 Å². The zero-order chi connectivity index (χ0) is 16.3. The van der Waals surface area contributed by atoms with Gasteiger partial charge in [-0.2, -0.15) is 13.2 Å². The Kier molecular flexibility index (Phi) is 4.52. The predicted molar refractivity (Wildman–Crippen MR) is 80.0 cm³/mol. The molecule has 1 fully saturated rings. The van der Waals surface area contributed by atoms with Crippen LogP contribution in [0.15, 0.2) is 48.7 Å². The fourth-order valence-corrected chi connectivity index (χ4v) is 2.84. The second-order valence-electron chi connectivity index (χ2n) is 5.56. The van der Waals surface area contributed by atoms with Gasteiger partial charge in [-0.1, -0.05) is 30.3 Å². The topological polar surface area (TPSA) is 34.1 Å². The summed E-state index contributed by atoms with van der Waals surface area (Å²) in [5.74, 6) is -0.249. The van der Waals surface area contributed by atoms with Gasteiger partial charge in [-0.25, -0.2) is 4.98 Å². The van der Waals surface area contributed by atoms with E-state index >= 15 is 0 Å². The number of nitrogens with one attached hydrogen (secondary N) is 1. The number of nitrogens with zero attached hydrogens (tertiary/aromatic N) is 1. The molecule has 2 heterocycles. The summed E-state index contributed by atoms with van der Waals surface area (Å²) < 4.78 is 45.2. The molecule has 1 N–H and O–H groups in total. The molecule has 1 saturated heterocycles. The number of hydrogen-bond acceptors (Lipinski definition) is 3. The number of ether oxygens (including phenoxy) is 1. The maximum absolute atomic E-state index is 13.1. The molecular weight excluding hydrogens is 305 g/mol. The molecule has 1 aromatic heterocycles. The summed E-state index contributed by atoms with van der Waals surface area (Å²) in [5.41, 5.74) is 0.0202. The van der Waals surface area contributed by atoms with Gasteiger partial charge in [-0.3, -0.25) is 0 Å². The van der Waals surface area contributed by atoms with Crippen LogP contribution in [0.4, 0.5) is 13.2 Å². The molecule has 0 saturated carbocycles. The molecule has 3 nitrogen and oxygen atoms in total. The van der Waals surface area contributed by atoms with Crippen molar-refractivity contribution in [3.63, 3.8) is 0 Å². The zero-order valence-electron chi connectivity index (χ0n) is 12.4. The Morgan fingerprint density at radius 3 is 2.57 bits per heavy atom. The van der Waals surface area contributed by atoms with Crippen LogP contribution in [0.2, 0.25) is 0 Å². The van der Waals surface area contributed by atoms with Gasteiger partial charge in [0.25, 0.3) is 0 Å². The molecule has 23 heavy (non-hydrogen) atoms. The smallest absolute Gasteiger partial charge is 0.421 e. The van der Waals surface area contributed by atoms with E-state index in [1.165, 1.54) is 12.3 Å². The van der Waals surface area contributed by atoms with Crippen LogP contribution in [0.5, 0.6) is 5.88 Å². The van der Waals surface area contributed by atoms with Gasteiger partial charge >= 0.3 is 6.18 Å². The first-order chi connectivity index (χ1) is 11.1. The first-order valence-electron chi connectivity index (χ1n) is 7.50. The van der Waals surface area contributed by atoms with Crippen molar-refractivity contribution in [2.75, 3.05) is 13.1 Å². The van der Waals surface area contributed by atoms with Crippen molar-refractivity contribution in [2.45, 2.75) is 18.7 Å². The largest absolute Gasteiger partial charge is 0.469 e. The van der Waals surface area contributed by atoms with E-state index in [0.29, 0.717) is 6.54 Å². The van der Waals surface area contributed by atoms with Crippen LogP contribution >= 0.6 is 0 Å². The number of rotatable bonds is 4. The lowest BCUT2D eigenvalue weighted by Crippen LogP contribution is -2.23. The van der Waals surface area contributed by atoms with Gasteiger partial charge in [-0.15, -0.1) is 0 Å². The van der Waals surface area contributed by atoms with Crippen molar-refractivity contribution in [1.29, 1.82) is 0 Å². The summed E-state index contributed by atoms with van der Waals surface area (Å²) in [5, 5.41) is 3.23. The van der Waals surface area contributed by atoms with Crippen molar-refractivity contribution < 1.29 is 17.9 Å². The van der Waals surface area contributed by atoms with Gasteiger partial charge in [0.1, 0.15) is 11.7 Å². The minimum Gasteiger partial charge on any atom is -0.469 e. The molecule has 6 heteroatoms. The summed E-state index contributed by atoms with van der Waals surface area (Å²) in [6, 6.07) is 11.6. The third-order valence-electron chi connectivity index (χ3n) is 3.97. The number of benzene rings is 1. The van der Waals surface area contributed by atoms with Crippen molar-refractivity contribution in [3.05, 3.63) is 59.8 Å². The number of halogens is 3. The molecule has 0 radical (unpaired) electrons. The lowest BCUT2D eigenvalue weighted by atomic mass is 9.95. The minimum absolute atomic E-state index is 0.112. The monoisotopic (exact) mass is 322 g/mol. The van der Waals surface area contributed by atoms with Crippen molar-refractivity contribution in [2.24, 2.45) is 5.92 Å². The van der Waals surface area contributed by atoms with Crippen molar-refractivity contribution in [3.8, 4) is 5.88 Å². The average molecular weight is 322 g/mol. The van der Waals surface area contributed by atoms with Gasteiger partial charge in [-0.05, 0) is 30.7 Å². The highest BCUT2D eigenvalue weighted by Crippen LogP contribution is 2.38. The number of hydrogen-bond donors (Lipinski definition) is 1. The highest BCUT2D eigenvalue weighted by atomic mass is 19.4. The van der Waals surface area contributed by atoms with Crippen LogP contribution in [-0.4, -0.2) is 18.1 Å². The number of alkyl halides is 3. The van der Waals surface area contributed by atoms with E-state index in [0.717, 1.165) is 24.6 Å². The lowest BCUT2D eigenvalue weighted by Gasteiger charge is -2.25. The van der Waals surface area contributed by atoms with Gasteiger partial charge in [0.05, 0.1) is 0 Å². The SMILES string of the molecule is FC(F)(F)c1cccnc1OC(c1ccccc1)[C@H]1CCNC1. The summed E-state index contributed by atoms with van der Waals surface area (Å²) in [6.45, 7) is 1.56. The van der Waals surface area contributed by atoms with E-state index in [1.54, 1.807) is 0 Å². The van der Waals surface area contributed by atoms with Gasteiger partial charge in [0.2, 0.25) is 5.88 Å².